The minimum Gasteiger partial charge on any atom is -0.383 e. The van der Waals surface area contributed by atoms with Gasteiger partial charge >= 0.3 is 0 Å². The highest BCUT2D eigenvalue weighted by Gasteiger charge is 2.16. The topological polar surface area (TPSA) is 29.5 Å². The van der Waals surface area contributed by atoms with Crippen LogP contribution in [0.5, 0.6) is 0 Å². The van der Waals surface area contributed by atoms with Crippen LogP contribution in [0.1, 0.15) is 35.3 Å². The standard InChI is InChI=1S/C14H23NO2S/c1-5-12-6-7-14(18-12)13(16)10-15(11(2)3)8-9-17-4/h6-7,11H,5,8-10H2,1-4H3. The number of nitrogens with zero attached hydrogens (tertiary/aromatic N) is 1. The molecule has 4 heteroatoms. The van der Waals surface area contributed by atoms with E-state index in [1.54, 1.807) is 18.4 Å². The molecule has 3 nitrogen and oxygen atoms in total. The van der Waals surface area contributed by atoms with E-state index in [2.05, 4.69) is 25.7 Å². The van der Waals surface area contributed by atoms with Crippen molar-refractivity contribution in [3.8, 4) is 0 Å². The van der Waals surface area contributed by atoms with Crippen molar-refractivity contribution in [2.45, 2.75) is 33.2 Å². The molecule has 0 atom stereocenters. The molecule has 1 rings (SSSR count). The monoisotopic (exact) mass is 269 g/mol. The molecule has 1 aromatic rings. The first-order chi connectivity index (χ1) is 8.58. The Balaban J connectivity index is 2.60. The van der Waals surface area contributed by atoms with Gasteiger partial charge in [0.2, 0.25) is 0 Å². The summed E-state index contributed by atoms with van der Waals surface area (Å²) in [4.78, 5) is 16.5. The number of thiophene rings is 1. The van der Waals surface area contributed by atoms with Gasteiger partial charge in [-0.15, -0.1) is 11.3 Å². The molecule has 0 amide bonds. The molecular formula is C14H23NO2S. The average molecular weight is 269 g/mol. The van der Waals surface area contributed by atoms with Gasteiger partial charge in [-0.3, -0.25) is 9.69 Å². The summed E-state index contributed by atoms with van der Waals surface area (Å²) in [6.07, 6.45) is 0.996. The second kappa shape index (κ2) is 7.67. The number of aryl methyl sites for hydroxylation is 1. The number of ketones is 1. The summed E-state index contributed by atoms with van der Waals surface area (Å²) in [6.45, 7) is 8.26. The second-order valence-corrected chi connectivity index (χ2v) is 5.77. The van der Waals surface area contributed by atoms with Crippen LogP contribution in [0.2, 0.25) is 0 Å². The predicted octanol–water partition coefficient (Wildman–Crippen LogP) is 2.85. The summed E-state index contributed by atoms with van der Waals surface area (Å²) in [5, 5.41) is 0. The van der Waals surface area contributed by atoms with Crippen molar-refractivity contribution in [1.29, 1.82) is 0 Å². The highest BCUT2D eigenvalue weighted by molar-refractivity contribution is 7.14. The van der Waals surface area contributed by atoms with Crippen LogP contribution in [0.25, 0.3) is 0 Å². The van der Waals surface area contributed by atoms with Crippen molar-refractivity contribution in [3.05, 3.63) is 21.9 Å². The van der Waals surface area contributed by atoms with E-state index < -0.39 is 0 Å². The molecule has 1 aromatic heterocycles. The van der Waals surface area contributed by atoms with Crippen molar-refractivity contribution in [2.24, 2.45) is 0 Å². The molecule has 102 valence electrons. The fraction of sp³-hybridized carbons (Fsp3) is 0.643. The first kappa shape index (κ1) is 15.3. The average Bonchev–Trinajstić information content (AvgIpc) is 2.82. The van der Waals surface area contributed by atoms with E-state index in [-0.39, 0.29) is 5.78 Å². The van der Waals surface area contributed by atoms with Gasteiger partial charge in [-0.25, -0.2) is 0 Å². The Morgan fingerprint density at radius 3 is 2.67 bits per heavy atom. The van der Waals surface area contributed by atoms with Crippen LogP contribution < -0.4 is 0 Å². The number of hydrogen-bond acceptors (Lipinski definition) is 4. The number of rotatable bonds is 8. The quantitative estimate of drug-likeness (QED) is 0.680. The van der Waals surface area contributed by atoms with Gasteiger partial charge < -0.3 is 4.74 Å². The summed E-state index contributed by atoms with van der Waals surface area (Å²) in [6, 6.07) is 4.35. The summed E-state index contributed by atoms with van der Waals surface area (Å²) in [7, 11) is 1.69. The van der Waals surface area contributed by atoms with E-state index >= 15 is 0 Å². The Bertz CT molecular complexity index is 374. The van der Waals surface area contributed by atoms with E-state index in [1.807, 2.05) is 12.1 Å². The Hall–Kier alpha value is -0.710. The summed E-state index contributed by atoms with van der Waals surface area (Å²) < 4.78 is 5.08. The van der Waals surface area contributed by atoms with Crippen LogP contribution in [0.4, 0.5) is 0 Å². The van der Waals surface area contributed by atoms with Gasteiger partial charge in [-0.2, -0.15) is 0 Å². The van der Waals surface area contributed by atoms with Gasteiger partial charge in [-0.05, 0) is 32.4 Å². The highest BCUT2D eigenvalue weighted by Crippen LogP contribution is 2.18. The molecule has 0 fully saturated rings. The van der Waals surface area contributed by atoms with Gasteiger partial charge in [-0.1, -0.05) is 6.92 Å². The molecule has 0 unspecified atom stereocenters. The number of methoxy groups -OCH3 is 1. The highest BCUT2D eigenvalue weighted by atomic mass is 32.1. The molecule has 0 saturated heterocycles. The third kappa shape index (κ3) is 4.52. The minimum atomic E-state index is 0.213. The van der Waals surface area contributed by atoms with Crippen LogP contribution in [-0.4, -0.2) is 43.5 Å². The van der Waals surface area contributed by atoms with E-state index in [4.69, 9.17) is 4.74 Å². The number of hydrogen-bond donors (Lipinski definition) is 0. The summed E-state index contributed by atoms with van der Waals surface area (Å²) in [5.41, 5.74) is 0. The van der Waals surface area contributed by atoms with Crippen LogP contribution in [0, 0.1) is 0 Å². The van der Waals surface area contributed by atoms with Crippen molar-refractivity contribution in [3.63, 3.8) is 0 Å². The smallest absolute Gasteiger partial charge is 0.186 e. The Kier molecular flexibility index (Phi) is 6.54. The molecular weight excluding hydrogens is 246 g/mol. The van der Waals surface area contributed by atoms with E-state index in [0.29, 0.717) is 19.2 Å². The lowest BCUT2D eigenvalue weighted by Gasteiger charge is -2.24. The molecule has 0 spiro atoms. The first-order valence-corrected chi connectivity index (χ1v) is 7.25. The molecule has 0 N–H and O–H groups in total. The lowest BCUT2D eigenvalue weighted by atomic mass is 10.2. The van der Waals surface area contributed by atoms with E-state index in [9.17, 15) is 4.79 Å². The second-order valence-electron chi connectivity index (χ2n) is 4.60. The summed E-state index contributed by atoms with van der Waals surface area (Å²) >= 11 is 1.61. The van der Waals surface area contributed by atoms with Crippen molar-refractivity contribution in [1.82, 2.24) is 4.90 Å². The third-order valence-corrected chi connectivity index (χ3v) is 4.22. The molecule has 0 aliphatic rings. The molecule has 0 saturated carbocycles. The van der Waals surface area contributed by atoms with Gasteiger partial charge in [0.05, 0.1) is 18.0 Å². The van der Waals surface area contributed by atoms with Gasteiger partial charge in [0.25, 0.3) is 0 Å². The lowest BCUT2D eigenvalue weighted by molar-refractivity contribution is 0.0855. The number of carbonyl (C=O) groups is 1. The molecule has 0 aliphatic carbocycles. The number of ether oxygens (including phenoxy) is 1. The van der Waals surface area contributed by atoms with Crippen molar-refractivity contribution in [2.75, 3.05) is 26.8 Å². The van der Waals surface area contributed by atoms with Crippen molar-refractivity contribution < 1.29 is 9.53 Å². The zero-order chi connectivity index (χ0) is 13.5. The predicted molar refractivity (Wildman–Crippen MR) is 76.6 cm³/mol. The number of Topliss-reactive ketones (excluding diaryl/α,β-unsaturated/α-hetero) is 1. The van der Waals surface area contributed by atoms with E-state index in [1.165, 1.54) is 4.88 Å². The maximum Gasteiger partial charge on any atom is 0.186 e. The fourth-order valence-electron chi connectivity index (χ4n) is 1.71. The minimum absolute atomic E-state index is 0.213. The normalized spacial score (nSPS) is 11.4. The Morgan fingerprint density at radius 2 is 2.17 bits per heavy atom. The lowest BCUT2D eigenvalue weighted by Crippen LogP contribution is -2.37. The van der Waals surface area contributed by atoms with Gasteiger partial charge in [0.15, 0.2) is 5.78 Å². The van der Waals surface area contributed by atoms with E-state index in [0.717, 1.165) is 17.8 Å². The molecule has 1 heterocycles. The number of carbonyl (C=O) groups excluding carboxylic acids is 1. The Labute approximate surface area is 114 Å². The van der Waals surface area contributed by atoms with Crippen LogP contribution in [0.3, 0.4) is 0 Å². The van der Waals surface area contributed by atoms with Crippen LogP contribution >= 0.6 is 11.3 Å². The molecule has 18 heavy (non-hydrogen) atoms. The first-order valence-electron chi connectivity index (χ1n) is 6.43. The molecule has 0 bridgehead atoms. The summed E-state index contributed by atoms with van der Waals surface area (Å²) in [5.74, 6) is 0.213. The van der Waals surface area contributed by atoms with Gasteiger partial charge in [0, 0.05) is 24.6 Å². The zero-order valence-electron chi connectivity index (χ0n) is 11.7. The maximum absolute atomic E-state index is 12.2. The third-order valence-electron chi connectivity index (χ3n) is 2.94. The SMILES string of the molecule is CCc1ccc(C(=O)CN(CCOC)C(C)C)s1. The molecule has 0 aliphatic heterocycles. The zero-order valence-corrected chi connectivity index (χ0v) is 12.5. The molecule has 0 aromatic carbocycles. The fourth-order valence-corrected chi connectivity index (χ4v) is 2.59. The van der Waals surface area contributed by atoms with Crippen LogP contribution in [0.15, 0.2) is 12.1 Å². The largest absolute Gasteiger partial charge is 0.383 e. The van der Waals surface area contributed by atoms with Crippen molar-refractivity contribution >= 4 is 17.1 Å². The molecule has 0 radical (unpaired) electrons. The van der Waals surface area contributed by atoms with Gasteiger partial charge in [0.1, 0.15) is 0 Å². The maximum atomic E-state index is 12.2. The van der Waals surface area contributed by atoms with Crippen LogP contribution in [-0.2, 0) is 11.2 Å². The Morgan fingerprint density at radius 1 is 1.44 bits per heavy atom.